The van der Waals surface area contributed by atoms with E-state index in [1.54, 1.807) is 0 Å². The fourth-order valence-electron chi connectivity index (χ4n) is 0.211. The van der Waals surface area contributed by atoms with E-state index >= 15 is 0 Å². The Morgan fingerprint density at radius 2 is 1.07 bits per heavy atom. The van der Waals surface area contributed by atoms with E-state index in [1.165, 1.54) is 0 Å². The van der Waals surface area contributed by atoms with Gasteiger partial charge < -0.3 is 0 Å². The van der Waals surface area contributed by atoms with E-state index in [0.717, 1.165) is 12.4 Å². The van der Waals surface area contributed by atoms with Gasteiger partial charge in [-0.2, -0.15) is 0 Å². The number of rotatable bonds is 2. The maximum absolute atomic E-state index is 9.48. The summed E-state index contributed by atoms with van der Waals surface area (Å²) in [5, 5.41) is 19.0. The number of nitro groups is 2. The summed E-state index contributed by atoms with van der Waals surface area (Å²) >= 11 is 11.4. The van der Waals surface area contributed by atoms with Crippen molar-refractivity contribution in [3.63, 3.8) is 0 Å². The van der Waals surface area contributed by atoms with E-state index in [-0.39, 0.29) is 16.8 Å². The summed E-state index contributed by atoms with van der Waals surface area (Å²) in [6.07, 6.45) is 1.60. The predicted molar refractivity (Wildman–Crippen MR) is 70.8 cm³/mol. The van der Waals surface area contributed by atoms with Crippen molar-refractivity contribution in [1.29, 1.82) is 0 Å². The van der Waals surface area contributed by atoms with Gasteiger partial charge >= 0.3 is 37.7 Å². The van der Waals surface area contributed by atoms with Crippen LogP contribution in [0.2, 0.25) is 0 Å². The quantitative estimate of drug-likeness (QED) is 0.337. The molecule has 0 aromatic carbocycles. The van der Waals surface area contributed by atoms with Crippen molar-refractivity contribution >= 4 is 50.5 Å². The van der Waals surface area contributed by atoms with Gasteiger partial charge in [0.15, 0.2) is 0 Å². The third kappa shape index (κ3) is 31.4. The van der Waals surface area contributed by atoms with Crippen molar-refractivity contribution in [2.24, 2.45) is 0 Å². The maximum atomic E-state index is 9.48. The Kier molecular flexibility index (Phi) is 16.8. The van der Waals surface area contributed by atoms with Crippen LogP contribution in [0.3, 0.4) is 0 Å². The number of hydrogen-bond donors (Lipinski definition) is 0. The van der Waals surface area contributed by atoms with Gasteiger partial charge in [-0.3, -0.25) is 20.2 Å². The Morgan fingerprint density at radius 1 is 0.867 bits per heavy atom. The van der Waals surface area contributed by atoms with E-state index in [1.807, 2.05) is 0 Å². The molecule has 0 amide bonds. The number of nitrogens with zero attached hydrogens (tertiary/aromatic N) is 2. The molecule has 0 spiro atoms. The first kappa shape index (κ1) is 20.6. The molecule has 0 radical (unpaired) electrons. The average Bonchev–Trinajstić information content (AvgIpc) is 1.79. The molecule has 0 unspecified atom stereocenters. The van der Waals surface area contributed by atoms with E-state index in [0.29, 0.717) is 8.47 Å². The molecule has 15 heavy (non-hydrogen) atoms. The van der Waals surface area contributed by atoms with Gasteiger partial charge in [0.05, 0.1) is 9.85 Å². The van der Waals surface area contributed by atoms with Crippen LogP contribution in [-0.2, 0) is 67.3 Å². The van der Waals surface area contributed by atoms with Gasteiger partial charge in [0.2, 0.25) is 0 Å². The topological polar surface area (TPSA) is 86.3 Å². The first-order chi connectivity index (χ1) is 6.25. The minimum Gasteiger partial charge on any atom is -0.259 e. The first-order valence-electron chi connectivity index (χ1n) is 2.82. The van der Waals surface area contributed by atoms with Crippen molar-refractivity contribution < 1.29 is 26.6 Å². The minimum atomic E-state index is -0.560. The Bertz CT molecular complexity index is 246. The van der Waals surface area contributed by atoms with E-state index in [2.05, 4.69) is 50.5 Å². The molecule has 0 aromatic heterocycles. The van der Waals surface area contributed by atoms with Crippen LogP contribution in [0.15, 0.2) is 20.9 Å². The van der Waals surface area contributed by atoms with Gasteiger partial charge in [-0.15, -0.1) is 0 Å². The second-order valence-corrected chi connectivity index (χ2v) is 4.81. The largest absolute Gasteiger partial charge is 3.00 e. The second-order valence-electron chi connectivity index (χ2n) is 1.66. The smallest absolute Gasteiger partial charge is 0.259 e. The Morgan fingerprint density at radius 3 is 1.07 bits per heavy atom. The summed E-state index contributed by atoms with van der Waals surface area (Å²) in [4.78, 5) is 17.8. The molecule has 0 aliphatic rings. The fraction of sp³-hybridized carbons (Fsp3) is 0. The van der Waals surface area contributed by atoms with Gasteiger partial charge in [0, 0.05) is 50.5 Å². The molecular formula is C4H10CoN2O4S4+7. The molecule has 0 N–H and O–H groups in total. The van der Waals surface area contributed by atoms with Gasteiger partial charge in [-0.25, -0.2) is 0 Å². The molecule has 0 heterocycles. The molecule has 11 heteroatoms. The summed E-state index contributed by atoms with van der Waals surface area (Å²) < 4.78 is 0.648. The standard InChI is InChI=1S/2C2H3NO2S2.Co/c2*4-3(5)1-2(6)7;/h2*1,6-7H;/q;;+3/p+4. The zero-order valence-electron chi connectivity index (χ0n) is 7.02. The van der Waals surface area contributed by atoms with Crippen LogP contribution in [0, 0.1) is 20.2 Å². The van der Waals surface area contributed by atoms with E-state index in [9.17, 15) is 20.2 Å². The first-order valence-corrected chi connectivity index (χ1v) is 4.82. The van der Waals surface area contributed by atoms with Crippen molar-refractivity contribution in [3.05, 3.63) is 41.1 Å². The molecule has 0 bridgehead atoms. The van der Waals surface area contributed by atoms with Crippen LogP contribution in [-0.4, -0.2) is 9.85 Å². The predicted octanol–water partition coefficient (Wildman–Crippen LogP) is -1.83. The SMILES string of the molecule is O=[N+]([O-])C=C([SH2+])[SH2+].O=[N+]([O-])C=C([SH2+])[SH2+].[Co+3]. The zero-order chi connectivity index (χ0) is 11.7. The fourth-order valence-corrected chi connectivity index (χ4v) is 0.632. The summed E-state index contributed by atoms with van der Waals surface area (Å²) in [7, 11) is 0. The summed E-state index contributed by atoms with van der Waals surface area (Å²) in [5.74, 6) is 0. The zero-order valence-corrected chi connectivity index (χ0v) is 12.1. The third-order valence-electron chi connectivity index (χ3n) is 0.469. The molecule has 0 aromatic rings. The molecule has 0 saturated carbocycles. The van der Waals surface area contributed by atoms with Gasteiger partial charge in [0.25, 0.3) is 0 Å². The molecule has 0 saturated heterocycles. The molecule has 6 nitrogen and oxygen atoms in total. The van der Waals surface area contributed by atoms with Crippen molar-refractivity contribution in [2.75, 3.05) is 0 Å². The Hall–Kier alpha value is 0.186. The van der Waals surface area contributed by atoms with Gasteiger partial charge in [0.1, 0.15) is 0 Å². The Balaban J connectivity index is -0.000000180. The van der Waals surface area contributed by atoms with Crippen molar-refractivity contribution in [3.8, 4) is 0 Å². The van der Waals surface area contributed by atoms with Crippen molar-refractivity contribution in [2.45, 2.75) is 0 Å². The van der Waals surface area contributed by atoms with Crippen LogP contribution in [0.4, 0.5) is 0 Å². The molecule has 0 atom stereocenters. The molecular weight excluding hydrogens is 327 g/mol. The minimum absolute atomic E-state index is 0. The maximum Gasteiger partial charge on any atom is 3.00 e. The summed E-state index contributed by atoms with van der Waals surface area (Å²) in [5.41, 5.74) is 0. The number of hydrogen-bond acceptors (Lipinski definition) is 4. The molecule has 0 aliphatic carbocycles. The van der Waals surface area contributed by atoms with Crippen LogP contribution >= 0.6 is 0 Å². The molecule has 0 fully saturated rings. The average molecular weight is 337 g/mol. The Labute approximate surface area is 118 Å². The molecule has 86 valence electrons. The van der Waals surface area contributed by atoms with Gasteiger partial charge in [-0.05, 0) is 0 Å². The van der Waals surface area contributed by atoms with Crippen LogP contribution < -0.4 is 0 Å². The second kappa shape index (κ2) is 12.3. The molecule has 0 rings (SSSR count). The summed E-state index contributed by atoms with van der Waals surface area (Å²) in [6, 6.07) is 0. The third-order valence-corrected chi connectivity index (χ3v) is 0.985. The molecule has 0 aliphatic heterocycles. The normalized spacial score (nSPS) is 7.20. The van der Waals surface area contributed by atoms with Crippen LogP contribution in [0.1, 0.15) is 0 Å². The van der Waals surface area contributed by atoms with Crippen LogP contribution in [0.25, 0.3) is 0 Å². The van der Waals surface area contributed by atoms with E-state index in [4.69, 9.17) is 0 Å². The summed E-state index contributed by atoms with van der Waals surface area (Å²) in [6.45, 7) is 0. The monoisotopic (exact) mass is 337 g/mol. The van der Waals surface area contributed by atoms with Gasteiger partial charge in [-0.1, -0.05) is 0 Å². The van der Waals surface area contributed by atoms with Crippen LogP contribution in [0.5, 0.6) is 0 Å². The van der Waals surface area contributed by atoms with E-state index < -0.39 is 9.85 Å². The van der Waals surface area contributed by atoms with Crippen molar-refractivity contribution in [1.82, 2.24) is 0 Å².